The van der Waals surface area contributed by atoms with E-state index in [0.717, 1.165) is 17.8 Å². The third-order valence-corrected chi connectivity index (χ3v) is 4.12. The van der Waals surface area contributed by atoms with Gasteiger partial charge in [-0.25, -0.2) is 0 Å². The van der Waals surface area contributed by atoms with Gasteiger partial charge in [0.1, 0.15) is 0 Å². The van der Waals surface area contributed by atoms with E-state index in [1.807, 2.05) is 13.0 Å². The Kier molecular flexibility index (Phi) is 5.72. The minimum absolute atomic E-state index is 0.185. The molecule has 0 saturated heterocycles. The van der Waals surface area contributed by atoms with Gasteiger partial charge in [0.15, 0.2) is 5.11 Å². The average molecular weight is 327 g/mol. The van der Waals surface area contributed by atoms with Gasteiger partial charge in [0.2, 0.25) is 0 Å². The first-order valence-electron chi connectivity index (χ1n) is 7.88. The van der Waals surface area contributed by atoms with Crippen LogP contribution in [0.1, 0.15) is 43.2 Å². The lowest BCUT2D eigenvalue weighted by atomic mass is 9.87. The lowest BCUT2D eigenvalue weighted by Gasteiger charge is -2.19. The lowest BCUT2D eigenvalue weighted by Crippen LogP contribution is -2.34. The summed E-state index contributed by atoms with van der Waals surface area (Å²) in [5.41, 5.74) is 4.94. The van der Waals surface area contributed by atoms with Crippen molar-refractivity contribution in [3.63, 3.8) is 0 Å². The molecule has 0 radical (unpaired) electrons. The van der Waals surface area contributed by atoms with Crippen LogP contribution < -0.4 is 10.6 Å². The number of benzene rings is 1. The van der Waals surface area contributed by atoms with Crippen molar-refractivity contribution >= 4 is 17.3 Å². The molecule has 1 heterocycles. The third kappa shape index (κ3) is 5.32. The SMILES string of the molecule is Cc1ncccc1CNC(=S)NCc1ccc(C(C)(C)C)cc1. The van der Waals surface area contributed by atoms with Crippen LogP contribution in [0.4, 0.5) is 0 Å². The van der Waals surface area contributed by atoms with Crippen molar-refractivity contribution in [2.75, 3.05) is 0 Å². The monoisotopic (exact) mass is 327 g/mol. The molecule has 0 spiro atoms. The molecule has 0 saturated carbocycles. The van der Waals surface area contributed by atoms with Crippen LogP contribution in [0.3, 0.4) is 0 Å². The zero-order chi connectivity index (χ0) is 16.9. The Bertz CT molecular complexity index is 657. The van der Waals surface area contributed by atoms with Crippen molar-refractivity contribution in [2.24, 2.45) is 0 Å². The van der Waals surface area contributed by atoms with Gasteiger partial charge in [0.25, 0.3) is 0 Å². The maximum Gasteiger partial charge on any atom is 0.166 e. The number of hydrogen-bond acceptors (Lipinski definition) is 2. The van der Waals surface area contributed by atoms with Crippen LogP contribution in [0.15, 0.2) is 42.6 Å². The van der Waals surface area contributed by atoms with Crippen LogP contribution in [0, 0.1) is 6.92 Å². The fraction of sp³-hybridized carbons (Fsp3) is 0.368. The summed E-state index contributed by atoms with van der Waals surface area (Å²) in [6, 6.07) is 12.7. The molecular weight excluding hydrogens is 302 g/mol. The van der Waals surface area contributed by atoms with E-state index in [4.69, 9.17) is 12.2 Å². The molecule has 2 aromatic rings. The van der Waals surface area contributed by atoms with Gasteiger partial charge in [0.05, 0.1) is 0 Å². The molecule has 3 nitrogen and oxygen atoms in total. The topological polar surface area (TPSA) is 37.0 Å². The van der Waals surface area contributed by atoms with E-state index >= 15 is 0 Å². The van der Waals surface area contributed by atoms with Crippen molar-refractivity contribution in [1.29, 1.82) is 0 Å². The molecule has 2 rings (SSSR count). The van der Waals surface area contributed by atoms with Gasteiger partial charge in [0, 0.05) is 25.0 Å². The van der Waals surface area contributed by atoms with Crippen LogP contribution in [-0.4, -0.2) is 10.1 Å². The smallest absolute Gasteiger partial charge is 0.166 e. The second-order valence-corrected chi connectivity index (χ2v) is 7.14. The maximum atomic E-state index is 5.34. The number of hydrogen-bond donors (Lipinski definition) is 2. The molecule has 1 aromatic carbocycles. The summed E-state index contributed by atoms with van der Waals surface area (Å²) in [5, 5.41) is 7.13. The molecule has 122 valence electrons. The highest BCUT2D eigenvalue weighted by atomic mass is 32.1. The second kappa shape index (κ2) is 7.55. The van der Waals surface area contributed by atoms with E-state index in [-0.39, 0.29) is 5.41 Å². The summed E-state index contributed by atoms with van der Waals surface area (Å²) in [6.45, 7) is 10.1. The van der Waals surface area contributed by atoms with Crippen LogP contribution in [0.25, 0.3) is 0 Å². The zero-order valence-corrected chi connectivity index (χ0v) is 15.1. The molecule has 4 heteroatoms. The molecule has 0 amide bonds. The van der Waals surface area contributed by atoms with E-state index in [9.17, 15) is 0 Å². The predicted octanol–water partition coefficient (Wildman–Crippen LogP) is 3.85. The number of nitrogens with one attached hydrogen (secondary N) is 2. The van der Waals surface area contributed by atoms with E-state index in [1.165, 1.54) is 11.1 Å². The molecule has 1 aromatic heterocycles. The molecular formula is C19H25N3S. The van der Waals surface area contributed by atoms with E-state index < -0.39 is 0 Å². The number of pyridine rings is 1. The van der Waals surface area contributed by atoms with E-state index in [2.05, 4.69) is 66.7 Å². The highest BCUT2D eigenvalue weighted by Crippen LogP contribution is 2.22. The van der Waals surface area contributed by atoms with Crippen LogP contribution >= 0.6 is 12.2 Å². The van der Waals surface area contributed by atoms with Crippen LogP contribution in [-0.2, 0) is 18.5 Å². The molecule has 23 heavy (non-hydrogen) atoms. The van der Waals surface area contributed by atoms with Gasteiger partial charge in [-0.3, -0.25) is 4.98 Å². The number of aromatic nitrogens is 1. The number of thiocarbonyl (C=S) groups is 1. The molecule has 0 unspecified atom stereocenters. The molecule has 0 atom stereocenters. The average Bonchev–Trinajstić information content (AvgIpc) is 2.51. The minimum atomic E-state index is 0.185. The summed E-state index contributed by atoms with van der Waals surface area (Å²) in [4.78, 5) is 4.27. The van der Waals surface area contributed by atoms with E-state index in [1.54, 1.807) is 6.20 Å². The summed E-state index contributed by atoms with van der Waals surface area (Å²) in [5.74, 6) is 0. The molecule has 2 N–H and O–H groups in total. The Hall–Kier alpha value is -1.94. The summed E-state index contributed by atoms with van der Waals surface area (Å²) in [6.07, 6.45) is 1.80. The van der Waals surface area contributed by atoms with Gasteiger partial charge in [-0.1, -0.05) is 51.1 Å². The fourth-order valence-electron chi connectivity index (χ4n) is 2.25. The van der Waals surface area contributed by atoms with Gasteiger partial charge in [-0.2, -0.15) is 0 Å². The second-order valence-electron chi connectivity index (χ2n) is 6.73. The normalized spacial score (nSPS) is 11.1. The third-order valence-electron chi connectivity index (χ3n) is 3.83. The highest BCUT2D eigenvalue weighted by Gasteiger charge is 2.12. The lowest BCUT2D eigenvalue weighted by molar-refractivity contribution is 0.590. The summed E-state index contributed by atoms with van der Waals surface area (Å²) >= 11 is 5.34. The van der Waals surface area contributed by atoms with Crippen molar-refractivity contribution in [2.45, 2.75) is 46.2 Å². The van der Waals surface area contributed by atoms with Crippen LogP contribution in [0.2, 0.25) is 0 Å². The maximum absolute atomic E-state index is 5.34. The Morgan fingerprint density at radius 2 is 1.70 bits per heavy atom. The van der Waals surface area contributed by atoms with Crippen molar-refractivity contribution in [3.05, 3.63) is 65.0 Å². The Balaban J connectivity index is 1.81. The molecule has 0 fully saturated rings. The van der Waals surface area contributed by atoms with E-state index in [0.29, 0.717) is 11.7 Å². The highest BCUT2D eigenvalue weighted by molar-refractivity contribution is 7.80. The first-order valence-corrected chi connectivity index (χ1v) is 8.29. The fourth-order valence-corrected chi connectivity index (χ4v) is 2.39. The Labute approximate surface area is 144 Å². The molecule has 0 bridgehead atoms. The first kappa shape index (κ1) is 17.4. The summed E-state index contributed by atoms with van der Waals surface area (Å²) < 4.78 is 0. The zero-order valence-electron chi connectivity index (χ0n) is 14.3. The van der Waals surface area contributed by atoms with Crippen molar-refractivity contribution in [3.8, 4) is 0 Å². The van der Waals surface area contributed by atoms with Gasteiger partial charge in [-0.05, 0) is 47.3 Å². The molecule has 0 aliphatic carbocycles. The number of aryl methyl sites for hydroxylation is 1. The largest absolute Gasteiger partial charge is 0.359 e. The minimum Gasteiger partial charge on any atom is -0.359 e. The standard InChI is InChI=1S/C19H25N3S/c1-14-16(6-5-11-20-14)13-22-18(23)21-12-15-7-9-17(10-8-15)19(2,3)4/h5-11H,12-13H2,1-4H3,(H2,21,22,23). The quantitative estimate of drug-likeness (QED) is 0.836. The molecule has 0 aliphatic heterocycles. The predicted molar refractivity (Wildman–Crippen MR) is 100 cm³/mol. The van der Waals surface area contributed by atoms with Crippen molar-refractivity contribution < 1.29 is 0 Å². The molecule has 0 aliphatic rings. The number of rotatable bonds is 4. The Morgan fingerprint density at radius 3 is 2.30 bits per heavy atom. The Morgan fingerprint density at radius 1 is 1.04 bits per heavy atom. The van der Waals surface area contributed by atoms with Gasteiger partial charge < -0.3 is 10.6 Å². The number of nitrogens with zero attached hydrogens (tertiary/aromatic N) is 1. The summed E-state index contributed by atoms with van der Waals surface area (Å²) in [7, 11) is 0. The first-order chi connectivity index (χ1) is 10.9. The van der Waals surface area contributed by atoms with Crippen molar-refractivity contribution in [1.82, 2.24) is 15.6 Å². The van der Waals surface area contributed by atoms with Crippen LogP contribution in [0.5, 0.6) is 0 Å². The van der Waals surface area contributed by atoms with Gasteiger partial charge in [-0.15, -0.1) is 0 Å². The van der Waals surface area contributed by atoms with Gasteiger partial charge >= 0.3 is 0 Å².